The summed E-state index contributed by atoms with van der Waals surface area (Å²) in [5.41, 5.74) is 2.17. The maximum Gasteiger partial charge on any atom is 0.294 e. The second kappa shape index (κ2) is 7.03. The Labute approximate surface area is 124 Å². The number of benzene rings is 1. The summed E-state index contributed by atoms with van der Waals surface area (Å²) < 4.78 is 0. The molecule has 7 nitrogen and oxygen atoms in total. The molecule has 0 radical (unpaired) electrons. The molecule has 1 aromatic carbocycles. The molecule has 0 atom stereocenters. The quantitative estimate of drug-likeness (QED) is 0.406. The van der Waals surface area contributed by atoms with Crippen molar-refractivity contribution >= 4 is 17.3 Å². The monoisotopic (exact) mass is 294 g/mol. The number of hydrogen-bond donors (Lipinski definition) is 3. The molecule has 0 aliphatic carbocycles. The van der Waals surface area contributed by atoms with Gasteiger partial charge in [-0.2, -0.15) is 0 Å². The number of nitro groups is 1. The number of nitro benzene ring substituents is 1. The summed E-state index contributed by atoms with van der Waals surface area (Å²) in [5, 5.41) is 14.0. The van der Waals surface area contributed by atoms with E-state index < -0.39 is 4.92 Å². The van der Waals surface area contributed by atoms with Crippen molar-refractivity contribution in [2.75, 3.05) is 5.43 Å². The van der Waals surface area contributed by atoms with Crippen LogP contribution in [0, 0.1) is 10.1 Å². The van der Waals surface area contributed by atoms with Crippen molar-refractivity contribution in [3.05, 3.63) is 33.9 Å². The Morgan fingerprint density at radius 2 is 1.86 bits per heavy atom. The van der Waals surface area contributed by atoms with Gasteiger partial charge in [-0.15, -0.1) is 0 Å². The maximum absolute atomic E-state index is 12.3. The Balaban J connectivity index is 3.08. The minimum absolute atomic E-state index is 0.171. The number of nitrogens with zero attached hydrogens (tertiary/aromatic N) is 1. The van der Waals surface area contributed by atoms with Crippen LogP contribution in [0.15, 0.2) is 18.2 Å². The van der Waals surface area contributed by atoms with Gasteiger partial charge in [0.1, 0.15) is 5.69 Å². The fourth-order valence-electron chi connectivity index (χ4n) is 2.27. The molecule has 0 saturated carbocycles. The van der Waals surface area contributed by atoms with E-state index in [0.29, 0.717) is 0 Å². The second-order valence-electron chi connectivity index (χ2n) is 4.93. The molecule has 0 spiro atoms. The molecule has 0 heterocycles. The molecule has 0 unspecified atom stereocenters. The van der Waals surface area contributed by atoms with Crippen LogP contribution in [0.4, 0.5) is 11.4 Å². The van der Waals surface area contributed by atoms with Crippen molar-refractivity contribution < 1.29 is 9.72 Å². The molecule has 0 fully saturated rings. The van der Waals surface area contributed by atoms with Gasteiger partial charge in [0.25, 0.3) is 11.6 Å². The van der Waals surface area contributed by atoms with E-state index in [-0.39, 0.29) is 28.4 Å². The molecule has 7 heteroatoms. The average molecular weight is 294 g/mol. The number of hydrazine groups is 1. The normalized spacial score (nSPS) is 11.0. The van der Waals surface area contributed by atoms with Crippen LogP contribution in [0.5, 0.6) is 0 Å². The van der Waals surface area contributed by atoms with Crippen LogP contribution < -0.4 is 16.6 Å². The predicted octanol–water partition coefficient (Wildman–Crippen LogP) is 2.58. The molecule has 1 rings (SSSR count). The average Bonchev–Trinajstić information content (AvgIpc) is 2.51. The highest BCUT2D eigenvalue weighted by Crippen LogP contribution is 2.26. The third-order valence-electron chi connectivity index (χ3n) is 4.02. The molecule has 0 saturated heterocycles. The minimum Gasteiger partial charge on any atom is -0.347 e. The summed E-state index contributed by atoms with van der Waals surface area (Å²) in [4.78, 5) is 22.7. The van der Waals surface area contributed by atoms with Crippen molar-refractivity contribution in [1.29, 1.82) is 0 Å². The molecule has 116 valence electrons. The van der Waals surface area contributed by atoms with E-state index in [1.807, 2.05) is 20.8 Å². The van der Waals surface area contributed by atoms with Gasteiger partial charge in [-0.3, -0.25) is 20.8 Å². The van der Waals surface area contributed by atoms with Crippen molar-refractivity contribution in [3.63, 3.8) is 0 Å². The Kier molecular flexibility index (Phi) is 5.66. The molecular formula is C14H22N4O3. The van der Waals surface area contributed by atoms with E-state index in [1.165, 1.54) is 18.2 Å². The zero-order valence-corrected chi connectivity index (χ0v) is 12.6. The number of carbonyl (C=O) groups excluding carboxylic acids is 1. The topological polar surface area (TPSA) is 110 Å². The highest BCUT2D eigenvalue weighted by molar-refractivity contribution is 5.96. The van der Waals surface area contributed by atoms with Crippen LogP contribution in [0.2, 0.25) is 0 Å². The summed E-state index contributed by atoms with van der Waals surface area (Å²) in [6.45, 7) is 6.03. The third kappa shape index (κ3) is 3.69. The first-order valence-corrected chi connectivity index (χ1v) is 7.00. The molecule has 0 aliphatic heterocycles. The summed E-state index contributed by atoms with van der Waals surface area (Å²) in [6, 6.07) is 4.18. The summed E-state index contributed by atoms with van der Waals surface area (Å²) in [6.07, 6.45) is 2.41. The van der Waals surface area contributed by atoms with Crippen molar-refractivity contribution in [3.8, 4) is 0 Å². The summed E-state index contributed by atoms with van der Waals surface area (Å²) in [5.74, 6) is 4.91. The number of nitrogen functional groups attached to an aromatic ring is 1. The van der Waals surface area contributed by atoms with Crippen molar-refractivity contribution in [1.82, 2.24) is 5.32 Å². The Morgan fingerprint density at radius 1 is 1.29 bits per heavy atom. The summed E-state index contributed by atoms with van der Waals surface area (Å²) >= 11 is 0. The zero-order chi connectivity index (χ0) is 16.0. The van der Waals surface area contributed by atoms with Gasteiger partial charge in [0, 0.05) is 17.2 Å². The Bertz CT molecular complexity index is 519. The van der Waals surface area contributed by atoms with Gasteiger partial charge in [0.05, 0.1) is 4.92 Å². The fourth-order valence-corrected chi connectivity index (χ4v) is 2.27. The van der Waals surface area contributed by atoms with Crippen LogP contribution in [0.25, 0.3) is 0 Å². The number of hydrogen-bond acceptors (Lipinski definition) is 5. The van der Waals surface area contributed by atoms with Crippen LogP contribution in [0.1, 0.15) is 50.4 Å². The predicted molar refractivity (Wildman–Crippen MR) is 82.0 cm³/mol. The molecule has 21 heavy (non-hydrogen) atoms. The molecule has 0 aromatic heterocycles. The summed E-state index contributed by atoms with van der Waals surface area (Å²) in [7, 11) is 0. The number of rotatable bonds is 7. The van der Waals surface area contributed by atoms with Gasteiger partial charge in [0.15, 0.2) is 0 Å². The van der Waals surface area contributed by atoms with E-state index >= 15 is 0 Å². The number of anilines is 1. The minimum atomic E-state index is -0.571. The van der Waals surface area contributed by atoms with E-state index in [0.717, 1.165) is 19.3 Å². The van der Waals surface area contributed by atoms with E-state index in [2.05, 4.69) is 10.7 Å². The number of carbonyl (C=O) groups is 1. The first kappa shape index (κ1) is 16.9. The lowest BCUT2D eigenvalue weighted by atomic mass is 9.89. The van der Waals surface area contributed by atoms with Gasteiger partial charge >= 0.3 is 0 Å². The highest BCUT2D eigenvalue weighted by Gasteiger charge is 2.27. The Morgan fingerprint density at radius 3 is 2.29 bits per heavy atom. The number of nitrogens with two attached hydrogens (primary N) is 1. The third-order valence-corrected chi connectivity index (χ3v) is 4.02. The zero-order valence-electron chi connectivity index (χ0n) is 12.6. The van der Waals surface area contributed by atoms with Crippen LogP contribution in [-0.4, -0.2) is 16.4 Å². The van der Waals surface area contributed by atoms with Gasteiger partial charge in [-0.25, -0.2) is 0 Å². The first-order valence-electron chi connectivity index (χ1n) is 7.00. The van der Waals surface area contributed by atoms with E-state index in [1.54, 1.807) is 0 Å². The van der Waals surface area contributed by atoms with Gasteiger partial charge in [-0.05, 0) is 31.4 Å². The highest BCUT2D eigenvalue weighted by atomic mass is 16.6. The lowest BCUT2D eigenvalue weighted by Gasteiger charge is -2.31. The van der Waals surface area contributed by atoms with Crippen molar-refractivity contribution in [2.45, 2.75) is 45.6 Å². The SMILES string of the molecule is CCC(CC)(CC)NC(=O)c1ccc(NN)c([N+](=O)[O-])c1. The molecule has 0 bridgehead atoms. The molecule has 1 amide bonds. The molecular weight excluding hydrogens is 272 g/mol. The Hall–Kier alpha value is -2.15. The first-order chi connectivity index (χ1) is 9.92. The van der Waals surface area contributed by atoms with Gasteiger partial charge in [0.2, 0.25) is 0 Å². The standard InChI is InChI=1S/C14H22N4O3/c1-4-14(5-2,6-3)16-13(19)10-7-8-11(17-15)12(9-10)18(20)21/h7-9,17H,4-6,15H2,1-3H3,(H,16,19). The van der Waals surface area contributed by atoms with Crippen LogP contribution in [-0.2, 0) is 0 Å². The fraction of sp³-hybridized carbons (Fsp3) is 0.500. The van der Waals surface area contributed by atoms with Crippen LogP contribution >= 0.6 is 0 Å². The maximum atomic E-state index is 12.3. The molecule has 4 N–H and O–H groups in total. The lowest BCUT2D eigenvalue weighted by molar-refractivity contribution is -0.384. The molecule has 0 aliphatic rings. The van der Waals surface area contributed by atoms with Crippen molar-refractivity contribution in [2.24, 2.45) is 5.84 Å². The van der Waals surface area contributed by atoms with Crippen LogP contribution in [0.3, 0.4) is 0 Å². The smallest absolute Gasteiger partial charge is 0.294 e. The van der Waals surface area contributed by atoms with Gasteiger partial charge in [-0.1, -0.05) is 20.8 Å². The largest absolute Gasteiger partial charge is 0.347 e. The van der Waals surface area contributed by atoms with Gasteiger partial charge < -0.3 is 10.7 Å². The lowest BCUT2D eigenvalue weighted by Crippen LogP contribution is -2.47. The van der Waals surface area contributed by atoms with E-state index in [9.17, 15) is 14.9 Å². The number of amides is 1. The van der Waals surface area contributed by atoms with E-state index in [4.69, 9.17) is 5.84 Å². The number of nitrogens with one attached hydrogen (secondary N) is 2. The second-order valence-corrected chi connectivity index (χ2v) is 4.93. The molecule has 1 aromatic rings.